The van der Waals surface area contributed by atoms with Crippen LogP contribution in [0.2, 0.25) is 0 Å². The molecular weight excluding hydrogens is 701 g/mol. The second-order valence-electron chi connectivity index (χ2n) is 15.1. The first-order chi connectivity index (χ1) is 26.6. The number of ether oxygens (including phenoxy) is 2. The SMILES string of the molecule is COC(=O)N[C@@H]1CCCC[C@@H]1C(=O)N1CCC[C@H]1c1ncc(-c2ccc(-c3ccc(-c4cnc([C@@H]5CCCN5C(=O)[C@@H](OC(N)=O)C(C)C)[nH]4)cc3)cc2)[nH]1. The van der Waals surface area contributed by atoms with E-state index in [4.69, 9.17) is 20.2 Å². The number of nitrogens with two attached hydrogens (primary N) is 1. The van der Waals surface area contributed by atoms with Crippen molar-refractivity contribution in [3.63, 3.8) is 0 Å². The zero-order valence-electron chi connectivity index (χ0n) is 31.6. The molecule has 4 amide bonds. The number of carbonyl (C=O) groups excluding carboxylic acids is 4. The fourth-order valence-corrected chi connectivity index (χ4v) is 8.40. The Morgan fingerprint density at radius 3 is 1.78 bits per heavy atom. The molecule has 0 unspecified atom stereocenters. The quantitative estimate of drug-likeness (QED) is 0.141. The monoisotopic (exact) mass is 750 g/mol. The number of H-pyrrole nitrogens is 2. The van der Waals surface area contributed by atoms with Crippen LogP contribution in [-0.4, -0.2) is 86.1 Å². The van der Waals surface area contributed by atoms with Crippen molar-refractivity contribution in [3.8, 4) is 33.6 Å². The number of hydrogen-bond acceptors (Lipinski definition) is 8. The molecule has 0 spiro atoms. The van der Waals surface area contributed by atoms with Crippen molar-refractivity contribution in [1.82, 2.24) is 35.1 Å². The molecule has 14 heteroatoms. The van der Waals surface area contributed by atoms with Crippen molar-refractivity contribution in [2.24, 2.45) is 17.6 Å². The van der Waals surface area contributed by atoms with Gasteiger partial charge in [-0.2, -0.15) is 0 Å². The zero-order valence-corrected chi connectivity index (χ0v) is 31.6. The average molecular weight is 751 g/mol. The molecular formula is C41H50N8O6. The van der Waals surface area contributed by atoms with Crippen LogP contribution in [0, 0.1) is 11.8 Å². The molecule has 4 heterocycles. The summed E-state index contributed by atoms with van der Waals surface area (Å²) in [4.78, 5) is 70.6. The smallest absolute Gasteiger partial charge is 0.407 e. The Morgan fingerprint density at radius 2 is 1.25 bits per heavy atom. The highest BCUT2D eigenvalue weighted by molar-refractivity contribution is 5.84. The summed E-state index contributed by atoms with van der Waals surface area (Å²) in [7, 11) is 1.35. The summed E-state index contributed by atoms with van der Waals surface area (Å²) in [5.41, 5.74) is 11.1. The maximum Gasteiger partial charge on any atom is 0.407 e. The highest BCUT2D eigenvalue weighted by Crippen LogP contribution is 2.37. The Morgan fingerprint density at radius 1 is 0.745 bits per heavy atom. The molecule has 14 nitrogen and oxygen atoms in total. The lowest BCUT2D eigenvalue weighted by Crippen LogP contribution is -2.49. The fraction of sp³-hybridized carbons (Fsp3) is 0.463. The molecule has 1 aliphatic carbocycles. The summed E-state index contributed by atoms with van der Waals surface area (Å²) in [5.74, 6) is 0.808. The molecule has 55 heavy (non-hydrogen) atoms. The van der Waals surface area contributed by atoms with Crippen molar-refractivity contribution in [1.29, 1.82) is 0 Å². The second kappa shape index (κ2) is 16.4. The van der Waals surface area contributed by atoms with E-state index in [0.29, 0.717) is 18.9 Å². The molecule has 290 valence electrons. The fourth-order valence-electron chi connectivity index (χ4n) is 8.40. The summed E-state index contributed by atoms with van der Waals surface area (Å²) >= 11 is 0. The molecule has 5 N–H and O–H groups in total. The van der Waals surface area contributed by atoms with E-state index in [1.54, 1.807) is 11.1 Å². The number of amides is 4. The number of carbonyl (C=O) groups is 4. The predicted molar refractivity (Wildman–Crippen MR) is 205 cm³/mol. The van der Waals surface area contributed by atoms with Crippen molar-refractivity contribution in [3.05, 3.63) is 72.6 Å². The van der Waals surface area contributed by atoms with Gasteiger partial charge >= 0.3 is 12.2 Å². The molecule has 1 saturated carbocycles. The number of nitrogens with one attached hydrogen (secondary N) is 3. The Balaban J connectivity index is 0.994. The largest absolute Gasteiger partial charge is 0.453 e. The van der Waals surface area contributed by atoms with Crippen LogP contribution in [0.4, 0.5) is 9.59 Å². The van der Waals surface area contributed by atoms with E-state index in [-0.39, 0.29) is 41.8 Å². The minimum absolute atomic E-state index is 0.0749. The third kappa shape index (κ3) is 8.08. The Labute approximate surface area is 320 Å². The molecule has 7 rings (SSSR count). The number of hydrogen-bond donors (Lipinski definition) is 4. The molecule has 3 fully saturated rings. The number of primary amides is 1. The molecule has 5 atom stereocenters. The van der Waals surface area contributed by atoms with Gasteiger partial charge in [-0.25, -0.2) is 19.6 Å². The minimum Gasteiger partial charge on any atom is -0.453 e. The van der Waals surface area contributed by atoms with Crippen LogP contribution < -0.4 is 11.1 Å². The third-order valence-electron chi connectivity index (χ3n) is 11.3. The first-order valence-electron chi connectivity index (χ1n) is 19.3. The number of methoxy groups -OCH3 is 1. The maximum absolute atomic E-state index is 13.8. The van der Waals surface area contributed by atoms with E-state index in [0.717, 1.165) is 90.8 Å². The van der Waals surface area contributed by atoms with Crippen LogP contribution in [0.15, 0.2) is 60.9 Å². The standard InChI is InChI=1S/C41H50N8O6/c1-24(2)35(55-40(42)52)39(51)49-21-7-11-34(49)37-44-23-32(46-37)28-18-14-26(15-19-28)25-12-16-27(17-13-25)31-22-43-36(45-31)33-10-6-20-48(33)38(50)29-8-4-5-9-30(29)47-41(53)54-3/h12-19,22-24,29-30,33-35H,4-11,20-21H2,1-3H3,(H2,42,52)(H,43,45)(H,44,46)(H,47,53)/t29-,30+,33-,34-,35-/m0/s1. The molecule has 2 saturated heterocycles. The normalized spacial score (nSPS) is 21.7. The highest BCUT2D eigenvalue weighted by Gasteiger charge is 2.41. The number of rotatable bonds is 10. The summed E-state index contributed by atoms with van der Waals surface area (Å²) in [6, 6.07) is 15.9. The lowest BCUT2D eigenvalue weighted by atomic mass is 9.83. The van der Waals surface area contributed by atoms with Gasteiger partial charge < -0.3 is 40.3 Å². The summed E-state index contributed by atoms with van der Waals surface area (Å²) in [5, 5.41) is 2.89. The van der Waals surface area contributed by atoms with Gasteiger partial charge in [0.05, 0.1) is 48.9 Å². The van der Waals surface area contributed by atoms with E-state index >= 15 is 0 Å². The summed E-state index contributed by atoms with van der Waals surface area (Å²) in [6.45, 7) is 4.88. The number of nitrogens with zero attached hydrogens (tertiary/aromatic N) is 4. The lowest BCUT2D eigenvalue weighted by Gasteiger charge is -2.35. The number of benzene rings is 2. The van der Waals surface area contributed by atoms with E-state index in [9.17, 15) is 19.2 Å². The molecule has 2 aliphatic heterocycles. The van der Waals surface area contributed by atoms with E-state index < -0.39 is 18.3 Å². The van der Waals surface area contributed by atoms with Crippen LogP contribution in [0.5, 0.6) is 0 Å². The number of likely N-dealkylation sites (tertiary alicyclic amines) is 2. The minimum atomic E-state index is -0.960. The van der Waals surface area contributed by atoms with Gasteiger partial charge in [0.1, 0.15) is 11.6 Å². The Bertz CT molecular complexity index is 1990. The zero-order chi connectivity index (χ0) is 38.6. The maximum atomic E-state index is 13.8. The Hall–Kier alpha value is -5.66. The summed E-state index contributed by atoms with van der Waals surface area (Å²) < 4.78 is 9.99. The Kier molecular flexibility index (Phi) is 11.2. The highest BCUT2D eigenvalue weighted by atomic mass is 16.6. The van der Waals surface area contributed by atoms with Crippen molar-refractivity contribution in [2.75, 3.05) is 20.2 Å². The topological polar surface area (TPSA) is 189 Å². The molecule has 0 radical (unpaired) electrons. The molecule has 0 bridgehead atoms. The van der Waals surface area contributed by atoms with Crippen molar-refractivity contribution >= 4 is 24.0 Å². The van der Waals surface area contributed by atoms with Gasteiger partial charge in [-0.15, -0.1) is 0 Å². The van der Waals surface area contributed by atoms with Crippen molar-refractivity contribution < 1.29 is 28.7 Å². The number of aromatic amines is 2. The summed E-state index contributed by atoms with van der Waals surface area (Å²) in [6.07, 6.45) is 7.99. The predicted octanol–water partition coefficient (Wildman–Crippen LogP) is 6.50. The van der Waals surface area contributed by atoms with E-state index in [1.165, 1.54) is 7.11 Å². The second-order valence-corrected chi connectivity index (χ2v) is 15.1. The van der Waals surface area contributed by atoms with Gasteiger partial charge in [0.25, 0.3) is 5.91 Å². The number of imidazole rings is 2. The third-order valence-corrected chi connectivity index (χ3v) is 11.3. The van der Waals surface area contributed by atoms with Crippen LogP contribution in [0.1, 0.15) is 88.9 Å². The number of alkyl carbamates (subject to hydrolysis) is 1. The van der Waals surface area contributed by atoms with Crippen LogP contribution in [-0.2, 0) is 19.1 Å². The van der Waals surface area contributed by atoms with Crippen molar-refractivity contribution in [2.45, 2.75) is 89.4 Å². The lowest BCUT2D eigenvalue weighted by molar-refractivity contribution is -0.143. The van der Waals surface area contributed by atoms with Gasteiger partial charge in [-0.1, -0.05) is 75.2 Å². The van der Waals surface area contributed by atoms with Crippen LogP contribution in [0.25, 0.3) is 33.6 Å². The molecule has 4 aromatic rings. The van der Waals surface area contributed by atoms with E-state index in [2.05, 4.69) is 56.7 Å². The van der Waals surface area contributed by atoms with Gasteiger partial charge in [-0.05, 0) is 66.7 Å². The van der Waals surface area contributed by atoms with Gasteiger partial charge in [0, 0.05) is 19.1 Å². The number of aromatic nitrogens is 4. The average Bonchev–Trinajstić information content (AvgIpc) is 4.03. The van der Waals surface area contributed by atoms with Crippen LogP contribution >= 0.6 is 0 Å². The first kappa shape index (κ1) is 37.6. The molecule has 3 aliphatic rings. The van der Waals surface area contributed by atoms with Gasteiger partial charge in [0.15, 0.2) is 6.10 Å². The van der Waals surface area contributed by atoms with Gasteiger partial charge in [-0.3, -0.25) is 9.59 Å². The van der Waals surface area contributed by atoms with Crippen LogP contribution in [0.3, 0.4) is 0 Å². The molecule has 2 aromatic carbocycles. The van der Waals surface area contributed by atoms with E-state index in [1.807, 2.05) is 37.1 Å². The van der Waals surface area contributed by atoms with Gasteiger partial charge in [0.2, 0.25) is 5.91 Å². The molecule has 2 aromatic heterocycles. The first-order valence-corrected chi connectivity index (χ1v) is 19.3.